The van der Waals surface area contributed by atoms with Crippen molar-refractivity contribution in [3.8, 4) is 0 Å². The summed E-state index contributed by atoms with van der Waals surface area (Å²) in [6, 6.07) is 0. The average molecular weight is 165 g/mol. The second-order valence-electron chi connectivity index (χ2n) is 1.67. The minimum atomic E-state index is -2.15. The summed E-state index contributed by atoms with van der Waals surface area (Å²) >= 11 is -2.15. The maximum atomic E-state index is 10.8. The molecule has 0 bridgehead atoms. The third-order valence-electron chi connectivity index (χ3n) is 1.06. The molecule has 1 N–H and O–H groups in total. The van der Waals surface area contributed by atoms with Crippen LogP contribution in [0.1, 0.15) is 20.3 Å². The quantitative estimate of drug-likeness (QED) is 0.615. The summed E-state index contributed by atoms with van der Waals surface area (Å²) in [5, 5.41) is 0. The lowest BCUT2D eigenvalue weighted by Crippen LogP contribution is -2.31. The molecule has 0 radical (unpaired) electrons. The highest BCUT2D eigenvalue weighted by atomic mass is 32.2. The Kier molecular flexibility index (Phi) is 4.22. The Hall–Kier alpha value is -0.420. The fourth-order valence-electron chi connectivity index (χ4n) is 0.550. The maximum absolute atomic E-state index is 10.8. The number of hydrogen-bond donors (Lipinski definition) is 1. The van der Waals surface area contributed by atoms with Crippen molar-refractivity contribution in [2.45, 2.75) is 20.3 Å². The second kappa shape index (κ2) is 4.40. The molecule has 0 aromatic carbocycles. The van der Waals surface area contributed by atoms with Crippen LogP contribution in [-0.2, 0) is 16.1 Å². The molecule has 0 aromatic rings. The van der Waals surface area contributed by atoms with Gasteiger partial charge >= 0.3 is 0 Å². The summed E-state index contributed by atoms with van der Waals surface area (Å²) in [5.74, 6) is -0.302. The summed E-state index contributed by atoms with van der Waals surface area (Å²) < 4.78 is 19.7. The zero-order valence-corrected chi connectivity index (χ0v) is 6.85. The monoisotopic (exact) mass is 165 g/mol. The van der Waals surface area contributed by atoms with Crippen LogP contribution >= 0.6 is 0 Å². The summed E-state index contributed by atoms with van der Waals surface area (Å²) in [7, 11) is 0. The van der Waals surface area contributed by atoms with E-state index in [1.165, 1.54) is 0 Å². The maximum Gasteiger partial charge on any atom is 0.264 e. The molecular formula is C5H11NO3S. The number of nitrogens with zero attached hydrogens (tertiary/aromatic N) is 1. The van der Waals surface area contributed by atoms with Crippen LogP contribution in [0.5, 0.6) is 0 Å². The first kappa shape index (κ1) is 9.58. The lowest BCUT2D eigenvalue weighted by atomic mass is 10.4. The van der Waals surface area contributed by atoms with Crippen molar-refractivity contribution in [2.24, 2.45) is 0 Å². The van der Waals surface area contributed by atoms with E-state index >= 15 is 0 Å². The fraction of sp³-hybridized carbons (Fsp3) is 0.800. The molecule has 0 saturated carbocycles. The molecule has 0 fully saturated rings. The number of carbonyl (C=O) groups excluding carboxylic acids is 1. The van der Waals surface area contributed by atoms with Gasteiger partial charge in [0.25, 0.3) is 11.3 Å². The molecule has 0 heterocycles. The van der Waals surface area contributed by atoms with E-state index in [0.29, 0.717) is 0 Å². The molecule has 0 aromatic heterocycles. The van der Waals surface area contributed by atoms with Crippen LogP contribution in [0.2, 0.25) is 0 Å². The van der Waals surface area contributed by atoms with Crippen LogP contribution in [0.3, 0.4) is 0 Å². The second-order valence-corrected chi connectivity index (χ2v) is 2.57. The van der Waals surface area contributed by atoms with Gasteiger partial charge in [-0.25, -0.2) is 8.51 Å². The topological polar surface area (TPSA) is 57.6 Å². The summed E-state index contributed by atoms with van der Waals surface area (Å²) in [6.07, 6.45) is 0.264. The first-order valence-electron chi connectivity index (χ1n) is 3.04. The average Bonchev–Trinajstić information content (AvgIpc) is 1.88. The fourth-order valence-corrected chi connectivity index (χ4v) is 1.07. The first-order valence-corrected chi connectivity index (χ1v) is 4.11. The number of amides is 1. The Morgan fingerprint density at radius 2 is 2.10 bits per heavy atom. The van der Waals surface area contributed by atoms with Gasteiger partial charge in [-0.2, -0.15) is 0 Å². The summed E-state index contributed by atoms with van der Waals surface area (Å²) in [4.78, 5) is 10.8. The summed E-state index contributed by atoms with van der Waals surface area (Å²) in [6.45, 7) is 3.58. The van der Waals surface area contributed by atoms with Gasteiger partial charge in [0.1, 0.15) is 0 Å². The Morgan fingerprint density at radius 3 is 2.20 bits per heavy atom. The van der Waals surface area contributed by atoms with Crippen molar-refractivity contribution in [3.63, 3.8) is 0 Å². The minimum absolute atomic E-state index is 0.264. The van der Waals surface area contributed by atoms with Crippen LogP contribution in [0.4, 0.5) is 0 Å². The van der Waals surface area contributed by atoms with E-state index in [-0.39, 0.29) is 18.9 Å². The Balaban J connectivity index is 4.06. The van der Waals surface area contributed by atoms with Crippen LogP contribution in [-0.4, -0.2) is 25.5 Å². The highest BCUT2D eigenvalue weighted by molar-refractivity contribution is 7.77. The highest BCUT2D eigenvalue weighted by Gasteiger charge is 2.13. The van der Waals surface area contributed by atoms with Gasteiger partial charge in [0, 0.05) is 13.0 Å². The van der Waals surface area contributed by atoms with Crippen LogP contribution < -0.4 is 0 Å². The molecule has 60 valence electrons. The predicted octanol–water partition coefficient (Wildman–Crippen LogP) is 0.382. The van der Waals surface area contributed by atoms with Gasteiger partial charge in [0.15, 0.2) is 0 Å². The molecule has 0 aliphatic heterocycles. The standard InChI is InChI=1S/C5H11NO3S/c1-3-5(7)6(4-2)10(8)9/h3-4H2,1-2H3,(H,8,9). The van der Waals surface area contributed by atoms with E-state index in [1.807, 2.05) is 0 Å². The molecular weight excluding hydrogens is 154 g/mol. The Bertz CT molecular complexity index is 148. The molecule has 5 heteroatoms. The van der Waals surface area contributed by atoms with Crippen molar-refractivity contribution in [3.05, 3.63) is 0 Å². The van der Waals surface area contributed by atoms with E-state index < -0.39 is 11.3 Å². The summed E-state index contributed by atoms with van der Waals surface area (Å²) in [5.41, 5.74) is 0. The third-order valence-corrected chi connectivity index (χ3v) is 1.90. The minimum Gasteiger partial charge on any atom is -0.289 e. The van der Waals surface area contributed by atoms with Crippen LogP contribution in [0, 0.1) is 0 Å². The highest BCUT2D eigenvalue weighted by Crippen LogP contribution is 1.95. The molecule has 0 spiro atoms. The SMILES string of the molecule is CCC(=O)N(CC)S(=O)O. The molecule has 1 atom stereocenters. The predicted molar refractivity (Wildman–Crippen MR) is 38.4 cm³/mol. The van der Waals surface area contributed by atoms with E-state index in [0.717, 1.165) is 4.31 Å². The van der Waals surface area contributed by atoms with Gasteiger partial charge in [-0.05, 0) is 6.92 Å². The van der Waals surface area contributed by atoms with Gasteiger partial charge in [-0.1, -0.05) is 6.92 Å². The van der Waals surface area contributed by atoms with Crippen molar-refractivity contribution in [2.75, 3.05) is 6.54 Å². The van der Waals surface area contributed by atoms with Gasteiger partial charge < -0.3 is 0 Å². The van der Waals surface area contributed by atoms with Crippen molar-refractivity contribution in [1.29, 1.82) is 0 Å². The van der Waals surface area contributed by atoms with Crippen molar-refractivity contribution in [1.82, 2.24) is 4.31 Å². The largest absolute Gasteiger partial charge is 0.289 e. The molecule has 0 aliphatic carbocycles. The molecule has 0 aliphatic rings. The molecule has 10 heavy (non-hydrogen) atoms. The van der Waals surface area contributed by atoms with E-state index in [1.54, 1.807) is 13.8 Å². The Morgan fingerprint density at radius 1 is 1.60 bits per heavy atom. The lowest BCUT2D eigenvalue weighted by molar-refractivity contribution is -0.126. The molecule has 1 amide bonds. The van der Waals surface area contributed by atoms with Crippen molar-refractivity contribution < 1.29 is 13.6 Å². The van der Waals surface area contributed by atoms with E-state index in [4.69, 9.17) is 4.55 Å². The van der Waals surface area contributed by atoms with Crippen LogP contribution in [0.25, 0.3) is 0 Å². The van der Waals surface area contributed by atoms with Gasteiger partial charge in [-0.15, -0.1) is 0 Å². The first-order chi connectivity index (χ1) is 4.63. The number of carbonyl (C=O) groups is 1. The van der Waals surface area contributed by atoms with E-state index in [9.17, 15) is 9.00 Å². The van der Waals surface area contributed by atoms with Crippen LogP contribution in [0.15, 0.2) is 0 Å². The van der Waals surface area contributed by atoms with Gasteiger partial charge in [0.2, 0.25) is 5.91 Å². The number of hydrogen-bond acceptors (Lipinski definition) is 2. The molecule has 4 nitrogen and oxygen atoms in total. The smallest absolute Gasteiger partial charge is 0.264 e. The van der Waals surface area contributed by atoms with E-state index in [2.05, 4.69) is 0 Å². The van der Waals surface area contributed by atoms with Gasteiger partial charge in [-0.3, -0.25) is 9.35 Å². The van der Waals surface area contributed by atoms with Crippen molar-refractivity contribution >= 4 is 17.2 Å². The van der Waals surface area contributed by atoms with Gasteiger partial charge in [0.05, 0.1) is 0 Å². The zero-order chi connectivity index (χ0) is 8.15. The number of rotatable bonds is 3. The molecule has 0 rings (SSSR count). The normalized spacial score (nSPS) is 12.7. The Labute approximate surface area is 62.6 Å². The zero-order valence-electron chi connectivity index (χ0n) is 6.03. The lowest BCUT2D eigenvalue weighted by Gasteiger charge is -2.13. The molecule has 0 saturated heterocycles. The molecule has 1 unspecified atom stereocenters. The third kappa shape index (κ3) is 2.45.